The van der Waals surface area contributed by atoms with E-state index >= 15 is 0 Å². The quantitative estimate of drug-likeness (QED) is 0.910. The Morgan fingerprint density at radius 1 is 1.38 bits per heavy atom. The Morgan fingerprint density at radius 2 is 2.21 bits per heavy atom. The van der Waals surface area contributed by atoms with Crippen molar-refractivity contribution in [2.45, 2.75) is 27.2 Å². The Morgan fingerprint density at radius 3 is 2.88 bits per heavy atom. The topological polar surface area (TPSA) is 71.3 Å². The van der Waals surface area contributed by atoms with Gasteiger partial charge in [-0.15, -0.1) is 0 Å². The molecule has 6 nitrogen and oxygen atoms in total. The maximum Gasteiger partial charge on any atom is 0.225 e. The average Bonchev–Trinajstić information content (AvgIpc) is 3.12. The predicted molar refractivity (Wildman–Crippen MR) is 91.8 cm³/mol. The summed E-state index contributed by atoms with van der Waals surface area (Å²) in [5.41, 5.74) is 1.99. The summed E-state index contributed by atoms with van der Waals surface area (Å²) in [7, 11) is 0. The van der Waals surface area contributed by atoms with E-state index in [9.17, 15) is 4.79 Å². The van der Waals surface area contributed by atoms with Gasteiger partial charge >= 0.3 is 0 Å². The molecule has 0 bridgehead atoms. The van der Waals surface area contributed by atoms with Crippen LogP contribution in [0.1, 0.15) is 23.9 Å². The van der Waals surface area contributed by atoms with Crippen LogP contribution in [0.15, 0.2) is 28.9 Å². The van der Waals surface area contributed by atoms with Crippen LogP contribution in [0.3, 0.4) is 0 Å². The number of carbonyl (C=O) groups is 1. The molecule has 2 aromatic heterocycles. The summed E-state index contributed by atoms with van der Waals surface area (Å²) in [6, 6.07) is 5.87. The van der Waals surface area contributed by atoms with Gasteiger partial charge in [0.2, 0.25) is 5.91 Å². The molecule has 1 aliphatic rings. The van der Waals surface area contributed by atoms with Gasteiger partial charge in [0, 0.05) is 31.4 Å². The minimum Gasteiger partial charge on any atom is -0.361 e. The first-order chi connectivity index (χ1) is 11.6. The Bertz CT molecular complexity index is 679. The van der Waals surface area contributed by atoms with Gasteiger partial charge in [-0.25, -0.2) is 4.98 Å². The minimum absolute atomic E-state index is 0.00308. The maximum absolute atomic E-state index is 12.5. The highest BCUT2D eigenvalue weighted by Gasteiger charge is 2.35. The van der Waals surface area contributed by atoms with E-state index in [4.69, 9.17) is 4.52 Å². The fourth-order valence-corrected chi connectivity index (χ4v) is 3.34. The monoisotopic (exact) mass is 328 g/mol. The molecule has 24 heavy (non-hydrogen) atoms. The van der Waals surface area contributed by atoms with Gasteiger partial charge < -0.3 is 14.7 Å². The van der Waals surface area contributed by atoms with E-state index in [-0.39, 0.29) is 11.8 Å². The van der Waals surface area contributed by atoms with Crippen LogP contribution < -0.4 is 10.2 Å². The normalized spacial score (nSPS) is 20.4. The van der Waals surface area contributed by atoms with E-state index in [2.05, 4.69) is 27.3 Å². The average molecular weight is 328 g/mol. The van der Waals surface area contributed by atoms with Crippen LogP contribution in [0.5, 0.6) is 0 Å². The summed E-state index contributed by atoms with van der Waals surface area (Å²) in [6.07, 6.45) is 2.54. The summed E-state index contributed by atoms with van der Waals surface area (Å²) in [5, 5.41) is 7.01. The number of hydrogen-bond donors (Lipinski definition) is 1. The van der Waals surface area contributed by atoms with Crippen LogP contribution in [0.4, 0.5) is 5.82 Å². The standard InChI is InChI=1S/C18H24N4O2/c1-12-10-22(17-6-4-5-8-19-17)11-16(12)18(23)20-9-7-15-13(2)21-24-14(15)3/h4-6,8,12,16H,7,9-11H2,1-3H3,(H,20,23)/t12-,16-/m1/s1. The Labute approximate surface area is 142 Å². The van der Waals surface area contributed by atoms with Crippen molar-refractivity contribution >= 4 is 11.7 Å². The molecule has 0 radical (unpaired) electrons. The van der Waals surface area contributed by atoms with Gasteiger partial charge in [0.05, 0.1) is 11.6 Å². The molecular formula is C18H24N4O2. The summed E-state index contributed by atoms with van der Waals surface area (Å²) in [6.45, 7) is 8.14. The van der Waals surface area contributed by atoms with Crippen LogP contribution in [0.25, 0.3) is 0 Å². The van der Waals surface area contributed by atoms with Gasteiger partial charge in [0.1, 0.15) is 11.6 Å². The molecule has 1 fully saturated rings. The van der Waals surface area contributed by atoms with Gasteiger partial charge in [-0.3, -0.25) is 4.79 Å². The summed E-state index contributed by atoms with van der Waals surface area (Å²) >= 11 is 0. The number of pyridine rings is 1. The maximum atomic E-state index is 12.5. The molecule has 0 spiro atoms. The third kappa shape index (κ3) is 3.42. The fraction of sp³-hybridized carbons (Fsp3) is 0.500. The van der Waals surface area contributed by atoms with Crippen molar-refractivity contribution in [1.29, 1.82) is 0 Å². The van der Waals surface area contributed by atoms with Crippen molar-refractivity contribution in [3.63, 3.8) is 0 Å². The lowest BCUT2D eigenvalue weighted by Gasteiger charge is -2.17. The van der Waals surface area contributed by atoms with E-state index < -0.39 is 0 Å². The second-order valence-corrected chi connectivity index (χ2v) is 6.52. The number of nitrogens with zero attached hydrogens (tertiary/aromatic N) is 3. The zero-order valence-electron chi connectivity index (χ0n) is 14.5. The molecule has 1 aliphatic heterocycles. The molecule has 3 rings (SSSR count). The van der Waals surface area contributed by atoms with Crippen LogP contribution in [-0.2, 0) is 11.2 Å². The lowest BCUT2D eigenvalue weighted by atomic mass is 9.97. The van der Waals surface area contributed by atoms with E-state index in [1.54, 1.807) is 6.20 Å². The van der Waals surface area contributed by atoms with Crippen molar-refractivity contribution < 1.29 is 9.32 Å². The third-order valence-electron chi connectivity index (χ3n) is 4.78. The van der Waals surface area contributed by atoms with E-state index in [0.29, 0.717) is 12.5 Å². The summed E-state index contributed by atoms with van der Waals surface area (Å²) in [4.78, 5) is 19.1. The highest BCUT2D eigenvalue weighted by atomic mass is 16.5. The lowest BCUT2D eigenvalue weighted by Crippen LogP contribution is -2.36. The molecular weight excluding hydrogens is 304 g/mol. The second kappa shape index (κ2) is 7.03. The lowest BCUT2D eigenvalue weighted by molar-refractivity contribution is -0.125. The molecule has 0 aliphatic carbocycles. The molecule has 0 aromatic carbocycles. The first-order valence-corrected chi connectivity index (χ1v) is 8.41. The minimum atomic E-state index is -0.00308. The third-order valence-corrected chi connectivity index (χ3v) is 4.78. The molecule has 2 aromatic rings. The molecule has 1 saturated heterocycles. The second-order valence-electron chi connectivity index (χ2n) is 6.52. The molecule has 3 heterocycles. The number of aromatic nitrogens is 2. The predicted octanol–water partition coefficient (Wildman–Crippen LogP) is 2.12. The van der Waals surface area contributed by atoms with Crippen molar-refractivity contribution in [3.05, 3.63) is 41.4 Å². The highest BCUT2D eigenvalue weighted by Crippen LogP contribution is 2.26. The van der Waals surface area contributed by atoms with Crippen molar-refractivity contribution in [1.82, 2.24) is 15.5 Å². The molecule has 0 saturated carbocycles. The number of carbonyl (C=O) groups excluding carboxylic acids is 1. The molecule has 1 amide bonds. The van der Waals surface area contributed by atoms with Crippen LogP contribution >= 0.6 is 0 Å². The van der Waals surface area contributed by atoms with Crippen molar-refractivity contribution in [2.75, 3.05) is 24.5 Å². The van der Waals surface area contributed by atoms with Gasteiger partial charge in [-0.1, -0.05) is 18.1 Å². The summed E-state index contributed by atoms with van der Waals surface area (Å²) in [5.74, 6) is 2.20. The Hall–Kier alpha value is -2.37. The Balaban J connectivity index is 1.54. The summed E-state index contributed by atoms with van der Waals surface area (Å²) < 4.78 is 5.16. The van der Waals surface area contributed by atoms with Gasteiger partial charge in [0.25, 0.3) is 0 Å². The molecule has 1 N–H and O–H groups in total. The largest absolute Gasteiger partial charge is 0.361 e. The van der Waals surface area contributed by atoms with Crippen LogP contribution in [0, 0.1) is 25.7 Å². The van der Waals surface area contributed by atoms with Gasteiger partial charge in [-0.2, -0.15) is 0 Å². The molecule has 6 heteroatoms. The number of anilines is 1. The van der Waals surface area contributed by atoms with Crippen molar-refractivity contribution in [2.24, 2.45) is 11.8 Å². The first kappa shape index (κ1) is 16.5. The highest BCUT2D eigenvalue weighted by molar-refractivity contribution is 5.80. The van der Waals surface area contributed by atoms with Crippen LogP contribution in [0.2, 0.25) is 0 Å². The van der Waals surface area contributed by atoms with Gasteiger partial charge in [-0.05, 0) is 38.3 Å². The fourth-order valence-electron chi connectivity index (χ4n) is 3.34. The Kier molecular flexibility index (Phi) is 4.83. The smallest absolute Gasteiger partial charge is 0.225 e. The van der Waals surface area contributed by atoms with Crippen molar-refractivity contribution in [3.8, 4) is 0 Å². The first-order valence-electron chi connectivity index (χ1n) is 8.41. The number of hydrogen-bond acceptors (Lipinski definition) is 5. The zero-order chi connectivity index (χ0) is 17.1. The van der Waals surface area contributed by atoms with Crippen LogP contribution in [-0.4, -0.2) is 35.7 Å². The molecule has 0 unspecified atom stereocenters. The number of rotatable bonds is 5. The van der Waals surface area contributed by atoms with E-state index in [1.165, 1.54) is 0 Å². The van der Waals surface area contributed by atoms with E-state index in [1.807, 2.05) is 32.0 Å². The SMILES string of the molecule is Cc1noc(C)c1CCNC(=O)[C@@H]1CN(c2ccccn2)C[C@H]1C. The molecule has 2 atom stereocenters. The van der Waals surface area contributed by atoms with Gasteiger partial charge in [0.15, 0.2) is 0 Å². The zero-order valence-corrected chi connectivity index (χ0v) is 14.5. The van der Waals surface area contributed by atoms with E-state index in [0.717, 1.165) is 42.3 Å². The molecule has 128 valence electrons. The number of nitrogens with one attached hydrogen (secondary N) is 1. The number of amides is 1. The number of aryl methyl sites for hydroxylation is 2.